The molecule has 0 aliphatic heterocycles. The van der Waals surface area contributed by atoms with Gasteiger partial charge in [-0.1, -0.05) is 13.8 Å². The minimum absolute atomic E-state index is 0.0331. The van der Waals surface area contributed by atoms with Crippen molar-refractivity contribution in [3.05, 3.63) is 24.0 Å². The first-order valence-corrected chi connectivity index (χ1v) is 7.25. The summed E-state index contributed by atoms with van der Waals surface area (Å²) in [4.78, 5) is 4.64. The Morgan fingerprint density at radius 2 is 2.00 bits per heavy atom. The van der Waals surface area contributed by atoms with Crippen LogP contribution in [0.1, 0.15) is 39.4 Å². The number of fused-ring (bicyclic) bond motifs is 1. The highest BCUT2D eigenvalue weighted by molar-refractivity contribution is 6.16. The lowest BCUT2D eigenvalue weighted by molar-refractivity contribution is 0.296. The number of hydrogen-bond acceptors (Lipinski definition) is 2. The van der Waals surface area contributed by atoms with Gasteiger partial charge in [-0.25, -0.2) is 4.98 Å². The second kappa shape index (κ2) is 5.41. The SMILES string of the molecule is CCC(C)(CC)n1c(CCl)nc2ccc(OC)cc21. The lowest BCUT2D eigenvalue weighted by atomic mass is 9.94. The molecule has 1 aromatic heterocycles. The predicted octanol–water partition coefficient (Wildman–Crippen LogP) is 4.32. The molecule has 104 valence electrons. The molecule has 0 spiro atoms. The molecule has 2 aromatic rings. The summed E-state index contributed by atoms with van der Waals surface area (Å²) in [5.74, 6) is 2.20. The van der Waals surface area contributed by atoms with E-state index in [0.29, 0.717) is 5.88 Å². The molecule has 0 radical (unpaired) electrons. The molecule has 2 rings (SSSR count). The maximum absolute atomic E-state index is 6.08. The van der Waals surface area contributed by atoms with Crippen molar-refractivity contribution in [2.24, 2.45) is 0 Å². The van der Waals surface area contributed by atoms with Crippen LogP contribution in [0.4, 0.5) is 0 Å². The smallest absolute Gasteiger partial charge is 0.125 e. The van der Waals surface area contributed by atoms with Crippen molar-refractivity contribution in [1.29, 1.82) is 0 Å². The molecule has 0 saturated heterocycles. The van der Waals surface area contributed by atoms with Crippen molar-refractivity contribution in [2.75, 3.05) is 7.11 Å². The normalized spacial score (nSPS) is 12.1. The van der Waals surface area contributed by atoms with Crippen LogP contribution in [-0.4, -0.2) is 16.7 Å². The van der Waals surface area contributed by atoms with Crippen molar-refractivity contribution in [3.8, 4) is 5.75 Å². The molecule has 0 aliphatic rings. The number of halogens is 1. The van der Waals surface area contributed by atoms with E-state index >= 15 is 0 Å². The molecule has 0 aliphatic carbocycles. The third kappa shape index (κ3) is 2.32. The third-order valence-corrected chi connectivity index (χ3v) is 4.35. The van der Waals surface area contributed by atoms with E-state index in [1.54, 1.807) is 7.11 Å². The Bertz CT molecular complexity index is 573. The van der Waals surface area contributed by atoms with Crippen LogP contribution in [0.15, 0.2) is 18.2 Å². The van der Waals surface area contributed by atoms with E-state index in [1.807, 2.05) is 18.2 Å². The Morgan fingerprint density at radius 1 is 1.32 bits per heavy atom. The van der Waals surface area contributed by atoms with E-state index in [4.69, 9.17) is 16.3 Å². The van der Waals surface area contributed by atoms with Crippen LogP contribution in [-0.2, 0) is 11.4 Å². The third-order valence-electron chi connectivity index (χ3n) is 4.11. The van der Waals surface area contributed by atoms with E-state index in [2.05, 4.69) is 30.3 Å². The van der Waals surface area contributed by atoms with E-state index in [9.17, 15) is 0 Å². The number of nitrogens with zero attached hydrogens (tertiary/aromatic N) is 2. The zero-order valence-corrected chi connectivity index (χ0v) is 12.8. The van der Waals surface area contributed by atoms with Gasteiger partial charge in [0.05, 0.1) is 24.0 Å². The van der Waals surface area contributed by atoms with Crippen LogP contribution in [0.3, 0.4) is 0 Å². The molecule has 0 N–H and O–H groups in total. The Balaban J connectivity index is 2.74. The lowest BCUT2D eigenvalue weighted by Crippen LogP contribution is -2.29. The molecule has 0 bridgehead atoms. The molecule has 0 unspecified atom stereocenters. The van der Waals surface area contributed by atoms with E-state index in [-0.39, 0.29) is 5.54 Å². The van der Waals surface area contributed by atoms with Crippen LogP contribution >= 0.6 is 11.6 Å². The highest BCUT2D eigenvalue weighted by Gasteiger charge is 2.27. The molecule has 1 heterocycles. The van der Waals surface area contributed by atoms with Gasteiger partial charge in [0.1, 0.15) is 11.6 Å². The summed E-state index contributed by atoms with van der Waals surface area (Å²) < 4.78 is 7.60. The zero-order chi connectivity index (χ0) is 14.0. The number of hydrogen-bond donors (Lipinski definition) is 0. The molecule has 0 atom stereocenters. The maximum atomic E-state index is 6.08. The van der Waals surface area contributed by atoms with Gasteiger partial charge < -0.3 is 9.30 Å². The van der Waals surface area contributed by atoms with Gasteiger partial charge in [-0.05, 0) is 31.9 Å². The van der Waals surface area contributed by atoms with Crippen molar-refractivity contribution in [1.82, 2.24) is 9.55 Å². The number of benzene rings is 1. The van der Waals surface area contributed by atoms with Gasteiger partial charge in [0.15, 0.2) is 0 Å². The van der Waals surface area contributed by atoms with Crippen molar-refractivity contribution in [2.45, 2.75) is 45.0 Å². The topological polar surface area (TPSA) is 27.1 Å². The number of imidazole rings is 1. The van der Waals surface area contributed by atoms with Crippen LogP contribution in [0, 0.1) is 0 Å². The Hall–Kier alpha value is -1.22. The molecule has 19 heavy (non-hydrogen) atoms. The van der Waals surface area contributed by atoms with E-state index in [1.165, 1.54) is 0 Å². The molecule has 0 saturated carbocycles. The largest absolute Gasteiger partial charge is 0.497 e. The van der Waals surface area contributed by atoms with Crippen molar-refractivity contribution < 1.29 is 4.74 Å². The Morgan fingerprint density at radius 3 is 2.53 bits per heavy atom. The Labute approximate surface area is 119 Å². The summed E-state index contributed by atoms with van der Waals surface area (Å²) in [5, 5.41) is 0. The van der Waals surface area contributed by atoms with Gasteiger partial charge in [0.2, 0.25) is 0 Å². The van der Waals surface area contributed by atoms with Crippen LogP contribution in [0.5, 0.6) is 5.75 Å². The number of alkyl halides is 1. The quantitative estimate of drug-likeness (QED) is 0.763. The van der Waals surface area contributed by atoms with Crippen molar-refractivity contribution in [3.63, 3.8) is 0 Å². The lowest BCUT2D eigenvalue weighted by Gasteiger charge is -2.31. The first-order valence-electron chi connectivity index (χ1n) is 6.71. The van der Waals surface area contributed by atoms with Crippen LogP contribution in [0.25, 0.3) is 11.0 Å². The average Bonchev–Trinajstić information content (AvgIpc) is 2.84. The summed E-state index contributed by atoms with van der Waals surface area (Å²) in [5.41, 5.74) is 2.11. The summed E-state index contributed by atoms with van der Waals surface area (Å²) >= 11 is 6.08. The molecule has 0 fully saturated rings. The predicted molar refractivity (Wildman–Crippen MR) is 80.1 cm³/mol. The van der Waals surface area contributed by atoms with Crippen LogP contribution < -0.4 is 4.74 Å². The van der Waals surface area contributed by atoms with Gasteiger partial charge in [0.25, 0.3) is 0 Å². The fourth-order valence-electron chi connectivity index (χ4n) is 2.49. The van der Waals surface area contributed by atoms with Crippen molar-refractivity contribution >= 4 is 22.6 Å². The summed E-state index contributed by atoms with van der Waals surface area (Å²) in [6, 6.07) is 5.97. The summed E-state index contributed by atoms with van der Waals surface area (Å²) in [7, 11) is 1.68. The summed E-state index contributed by atoms with van der Waals surface area (Å²) in [6.45, 7) is 6.66. The first-order chi connectivity index (χ1) is 9.09. The van der Waals surface area contributed by atoms with Gasteiger partial charge in [-0.3, -0.25) is 0 Å². The second-order valence-electron chi connectivity index (χ2n) is 5.06. The standard InChI is InChI=1S/C15H21ClN2O/c1-5-15(3,6-2)18-13-9-11(19-4)7-8-12(13)17-14(18)10-16/h7-9H,5-6,10H2,1-4H3. The first kappa shape index (κ1) is 14.2. The van der Waals surface area contributed by atoms with Gasteiger partial charge >= 0.3 is 0 Å². The second-order valence-corrected chi connectivity index (χ2v) is 5.32. The molecule has 3 nitrogen and oxygen atoms in total. The maximum Gasteiger partial charge on any atom is 0.125 e. The number of methoxy groups -OCH3 is 1. The van der Waals surface area contributed by atoms with Crippen LogP contribution in [0.2, 0.25) is 0 Å². The fraction of sp³-hybridized carbons (Fsp3) is 0.533. The van der Waals surface area contributed by atoms with Gasteiger partial charge in [-0.15, -0.1) is 11.6 Å². The van der Waals surface area contributed by atoms with E-state index in [0.717, 1.165) is 35.4 Å². The number of ether oxygens (including phenoxy) is 1. The van der Waals surface area contributed by atoms with E-state index < -0.39 is 0 Å². The van der Waals surface area contributed by atoms with Gasteiger partial charge in [-0.2, -0.15) is 0 Å². The Kier molecular flexibility index (Phi) is 4.04. The fourth-order valence-corrected chi connectivity index (χ4v) is 2.67. The molecule has 4 heteroatoms. The number of aromatic nitrogens is 2. The molecular weight excluding hydrogens is 260 g/mol. The highest BCUT2D eigenvalue weighted by Crippen LogP contribution is 2.33. The minimum atomic E-state index is 0.0331. The highest BCUT2D eigenvalue weighted by atomic mass is 35.5. The summed E-state index contributed by atoms with van der Waals surface area (Å²) in [6.07, 6.45) is 2.08. The molecular formula is C15H21ClN2O. The molecule has 1 aromatic carbocycles. The number of rotatable bonds is 5. The monoisotopic (exact) mass is 280 g/mol. The minimum Gasteiger partial charge on any atom is -0.497 e. The average molecular weight is 281 g/mol. The zero-order valence-electron chi connectivity index (χ0n) is 12.0. The molecule has 0 amide bonds. The van der Waals surface area contributed by atoms with Gasteiger partial charge in [0, 0.05) is 11.6 Å².